The monoisotopic (exact) mass is 438 g/mol. The maximum Gasteiger partial charge on any atom is 0.252 e. The Morgan fingerprint density at radius 2 is 1.88 bits per heavy atom. The molecule has 1 saturated heterocycles. The molecule has 0 aromatic carbocycles. The summed E-state index contributed by atoms with van der Waals surface area (Å²) in [5, 5.41) is 2.91. The lowest BCUT2D eigenvalue weighted by atomic mass is 9.86. The topological polar surface area (TPSA) is 94.2 Å². The van der Waals surface area contributed by atoms with Gasteiger partial charge in [-0.3, -0.25) is 9.59 Å². The van der Waals surface area contributed by atoms with Gasteiger partial charge < -0.3 is 20.1 Å². The van der Waals surface area contributed by atoms with E-state index in [9.17, 15) is 9.59 Å². The Morgan fingerprint density at radius 1 is 1.06 bits per heavy atom. The highest BCUT2D eigenvalue weighted by molar-refractivity contribution is 5.94. The molecule has 3 heterocycles. The summed E-state index contributed by atoms with van der Waals surface area (Å²) in [6.07, 6.45) is 14.1. The van der Waals surface area contributed by atoms with Crippen LogP contribution in [0.5, 0.6) is 0 Å². The number of anilines is 1. The molecule has 2 fully saturated rings. The Morgan fingerprint density at radius 3 is 2.56 bits per heavy atom. The van der Waals surface area contributed by atoms with Crippen molar-refractivity contribution < 1.29 is 9.59 Å². The fourth-order valence-electron chi connectivity index (χ4n) is 4.69. The Hall–Kier alpha value is -2.90. The molecule has 2 amide bonds. The summed E-state index contributed by atoms with van der Waals surface area (Å²) in [4.78, 5) is 40.6. The lowest BCUT2D eigenvalue weighted by Crippen LogP contribution is -2.49. The summed E-state index contributed by atoms with van der Waals surface area (Å²) in [5.74, 6) is 1.77. The zero-order valence-corrected chi connectivity index (χ0v) is 18.8. The van der Waals surface area contributed by atoms with Gasteiger partial charge in [-0.25, -0.2) is 9.97 Å². The average Bonchev–Trinajstić information content (AvgIpc) is 3.37. The van der Waals surface area contributed by atoms with E-state index in [1.54, 1.807) is 18.7 Å². The maximum absolute atomic E-state index is 12.6. The van der Waals surface area contributed by atoms with Gasteiger partial charge >= 0.3 is 0 Å². The van der Waals surface area contributed by atoms with E-state index in [0.717, 1.165) is 50.0 Å². The van der Waals surface area contributed by atoms with E-state index >= 15 is 0 Å². The van der Waals surface area contributed by atoms with Gasteiger partial charge in [-0.1, -0.05) is 32.1 Å². The quantitative estimate of drug-likeness (QED) is 0.661. The van der Waals surface area contributed by atoms with Gasteiger partial charge in [0.15, 0.2) is 0 Å². The highest BCUT2D eigenvalue weighted by Crippen LogP contribution is 2.27. The number of H-pyrrole nitrogens is 1. The van der Waals surface area contributed by atoms with Gasteiger partial charge in [0, 0.05) is 63.7 Å². The average molecular weight is 439 g/mol. The zero-order valence-electron chi connectivity index (χ0n) is 18.8. The molecule has 0 atom stereocenters. The zero-order chi connectivity index (χ0) is 22.2. The molecule has 1 saturated carbocycles. The molecule has 0 spiro atoms. The molecule has 0 bridgehead atoms. The summed E-state index contributed by atoms with van der Waals surface area (Å²) >= 11 is 0. The fourth-order valence-corrected chi connectivity index (χ4v) is 4.69. The summed E-state index contributed by atoms with van der Waals surface area (Å²) in [5.41, 5.74) is 1.54. The Labute approximate surface area is 189 Å². The molecule has 172 valence electrons. The maximum atomic E-state index is 12.6. The molecule has 0 radical (unpaired) electrons. The van der Waals surface area contributed by atoms with Gasteiger partial charge in [-0.05, 0) is 24.5 Å². The van der Waals surface area contributed by atoms with Gasteiger partial charge in [0.25, 0.3) is 5.91 Å². The minimum absolute atomic E-state index is 0.128. The SMILES string of the molecule is O=C(NCCc1cnc[nH]1)c1ccc(N2CCN(C(=O)CCC3CCCCC3)CC2)nc1. The second-order valence-electron chi connectivity index (χ2n) is 8.90. The smallest absolute Gasteiger partial charge is 0.252 e. The van der Waals surface area contributed by atoms with Crippen LogP contribution in [0.2, 0.25) is 0 Å². The van der Waals surface area contributed by atoms with Crippen molar-refractivity contribution in [3.8, 4) is 0 Å². The van der Waals surface area contributed by atoms with E-state index in [1.807, 2.05) is 17.0 Å². The summed E-state index contributed by atoms with van der Waals surface area (Å²) in [6, 6.07) is 3.71. The first-order valence-electron chi connectivity index (χ1n) is 11.9. The molecule has 32 heavy (non-hydrogen) atoms. The normalized spacial score (nSPS) is 17.4. The van der Waals surface area contributed by atoms with Crippen LogP contribution in [-0.4, -0.2) is 64.4 Å². The fraction of sp³-hybridized carbons (Fsp3) is 0.583. The molecule has 1 aliphatic heterocycles. The van der Waals surface area contributed by atoms with E-state index in [-0.39, 0.29) is 5.91 Å². The summed E-state index contributed by atoms with van der Waals surface area (Å²) in [7, 11) is 0. The van der Waals surface area contributed by atoms with Crippen molar-refractivity contribution in [2.45, 2.75) is 51.4 Å². The molecular formula is C24H34N6O2. The Balaban J connectivity index is 1.18. The number of aromatic nitrogens is 3. The van der Waals surface area contributed by atoms with E-state index < -0.39 is 0 Å². The molecule has 1 aliphatic carbocycles. The van der Waals surface area contributed by atoms with Crippen LogP contribution in [-0.2, 0) is 11.2 Å². The van der Waals surface area contributed by atoms with Crippen molar-refractivity contribution in [2.75, 3.05) is 37.6 Å². The van der Waals surface area contributed by atoms with Gasteiger partial charge in [-0.15, -0.1) is 0 Å². The number of carbonyl (C=O) groups is 2. The Kier molecular flexibility index (Phi) is 7.74. The number of carbonyl (C=O) groups excluding carboxylic acids is 2. The second kappa shape index (κ2) is 11.1. The predicted molar refractivity (Wildman–Crippen MR) is 123 cm³/mol. The highest BCUT2D eigenvalue weighted by Gasteiger charge is 2.23. The van der Waals surface area contributed by atoms with Crippen molar-refractivity contribution in [1.29, 1.82) is 0 Å². The molecule has 0 unspecified atom stereocenters. The largest absolute Gasteiger partial charge is 0.353 e. The predicted octanol–water partition coefficient (Wildman–Crippen LogP) is 2.79. The minimum atomic E-state index is -0.128. The molecule has 2 aromatic rings. The van der Waals surface area contributed by atoms with Crippen LogP contribution in [0.15, 0.2) is 30.9 Å². The number of pyridine rings is 1. The number of imidazole rings is 1. The number of hydrogen-bond donors (Lipinski definition) is 2. The lowest BCUT2D eigenvalue weighted by Gasteiger charge is -2.35. The number of piperazine rings is 1. The first-order chi connectivity index (χ1) is 15.7. The molecule has 8 nitrogen and oxygen atoms in total. The van der Waals surface area contributed by atoms with Crippen molar-refractivity contribution in [2.24, 2.45) is 5.92 Å². The molecule has 2 aromatic heterocycles. The Bertz CT molecular complexity index is 853. The highest BCUT2D eigenvalue weighted by atomic mass is 16.2. The number of nitrogens with zero attached hydrogens (tertiary/aromatic N) is 4. The minimum Gasteiger partial charge on any atom is -0.353 e. The second-order valence-corrected chi connectivity index (χ2v) is 8.90. The number of nitrogens with one attached hydrogen (secondary N) is 2. The van der Waals surface area contributed by atoms with Crippen molar-refractivity contribution >= 4 is 17.6 Å². The van der Waals surface area contributed by atoms with Crippen molar-refractivity contribution in [1.82, 2.24) is 25.2 Å². The number of rotatable bonds is 8. The van der Waals surface area contributed by atoms with E-state index in [4.69, 9.17) is 0 Å². The summed E-state index contributed by atoms with van der Waals surface area (Å²) in [6.45, 7) is 3.57. The van der Waals surface area contributed by atoms with Gasteiger partial charge in [0.1, 0.15) is 5.82 Å². The standard InChI is InChI=1S/C24H34N6O2/c31-23(9-6-19-4-2-1-3-5-19)30-14-12-29(13-15-30)22-8-7-20(16-27-22)24(32)26-11-10-21-17-25-18-28-21/h7-8,16-19H,1-6,9-15H2,(H,25,28)(H,26,32). The molecular weight excluding hydrogens is 404 g/mol. The van der Waals surface area contributed by atoms with Gasteiger partial charge in [0.05, 0.1) is 11.9 Å². The van der Waals surface area contributed by atoms with Gasteiger partial charge in [-0.2, -0.15) is 0 Å². The van der Waals surface area contributed by atoms with Crippen LogP contribution in [0.25, 0.3) is 0 Å². The van der Waals surface area contributed by atoms with Crippen LogP contribution in [0, 0.1) is 5.92 Å². The van der Waals surface area contributed by atoms with Crippen LogP contribution >= 0.6 is 0 Å². The third-order valence-electron chi connectivity index (χ3n) is 6.69. The van der Waals surface area contributed by atoms with Crippen molar-refractivity contribution in [3.05, 3.63) is 42.1 Å². The molecule has 8 heteroatoms. The summed E-state index contributed by atoms with van der Waals surface area (Å²) < 4.78 is 0. The van der Waals surface area contributed by atoms with Crippen LogP contribution < -0.4 is 10.2 Å². The number of amides is 2. The van der Waals surface area contributed by atoms with Crippen LogP contribution in [0.4, 0.5) is 5.82 Å². The lowest BCUT2D eigenvalue weighted by molar-refractivity contribution is -0.131. The molecule has 2 N–H and O–H groups in total. The third-order valence-corrected chi connectivity index (χ3v) is 6.69. The third kappa shape index (κ3) is 6.08. The van der Waals surface area contributed by atoms with Crippen molar-refractivity contribution in [3.63, 3.8) is 0 Å². The van der Waals surface area contributed by atoms with Crippen LogP contribution in [0.1, 0.15) is 61.0 Å². The first-order valence-corrected chi connectivity index (χ1v) is 11.9. The van der Waals surface area contributed by atoms with E-state index in [2.05, 4.69) is 25.2 Å². The molecule has 4 rings (SSSR count). The molecule has 2 aliphatic rings. The van der Waals surface area contributed by atoms with Gasteiger partial charge in [0.2, 0.25) is 5.91 Å². The van der Waals surface area contributed by atoms with E-state index in [1.165, 1.54) is 32.1 Å². The van der Waals surface area contributed by atoms with E-state index in [0.29, 0.717) is 30.9 Å². The number of hydrogen-bond acceptors (Lipinski definition) is 5. The van der Waals surface area contributed by atoms with Crippen LogP contribution in [0.3, 0.4) is 0 Å². The first kappa shape index (κ1) is 22.3. The number of aromatic amines is 1.